The van der Waals surface area contributed by atoms with Gasteiger partial charge in [0.15, 0.2) is 0 Å². The highest BCUT2D eigenvalue weighted by Crippen LogP contribution is 2.32. The molecule has 0 amide bonds. The first-order chi connectivity index (χ1) is 10.8. The van der Waals surface area contributed by atoms with Gasteiger partial charge in [0.2, 0.25) is 0 Å². The van der Waals surface area contributed by atoms with E-state index in [1.54, 1.807) is 0 Å². The highest BCUT2D eigenvalue weighted by molar-refractivity contribution is 8.03. The highest BCUT2D eigenvalue weighted by atomic mass is 32.2. The molecule has 2 aromatic rings. The minimum atomic E-state index is 1.17. The molecule has 0 saturated heterocycles. The molecule has 0 unspecified atom stereocenters. The number of hydrogen-bond donors (Lipinski definition) is 0. The van der Waals surface area contributed by atoms with E-state index in [0.29, 0.717) is 0 Å². The van der Waals surface area contributed by atoms with Gasteiger partial charge in [-0.1, -0.05) is 86.0 Å². The third kappa shape index (κ3) is 6.11. The minimum Gasteiger partial charge on any atom is -0.0945 e. The zero-order chi connectivity index (χ0) is 15.6. The minimum absolute atomic E-state index is 1.17. The lowest BCUT2D eigenvalue weighted by Crippen LogP contribution is -1.83. The normalized spacial score (nSPS) is 11.6. The van der Waals surface area contributed by atoms with E-state index in [9.17, 15) is 0 Å². The van der Waals surface area contributed by atoms with Crippen molar-refractivity contribution in [2.45, 2.75) is 50.8 Å². The van der Waals surface area contributed by atoms with Crippen LogP contribution in [0.5, 0.6) is 0 Å². The molecule has 0 aliphatic carbocycles. The summed E-state index contributed by atoms with van der Waals surface area (Å²) in [6.45, 7) is 4.40. The number of allylic oxidation sites excluding steroid dienone is 1. The third-order valence-corrected chi connectivity index (χ3v) is 4.77. The molecule has 0 bridgehead atoms. The maximum Gasteiger partial charge on any atom is 0.0119 e. The van der Waals surface area contributed by atoms with Crippen molar-refractivity contribution >= 4 is 17.8 Å². The Morgan fingerprint density at radius 3 is 2.32 bits per heavy atom. The number of aryl methyl sites for hydroxylation is 1. The molecule has 22 heavy (non-hydrogen) atoms. The van der Waals surface area contributed by atoms with Gasteiger partial charge in [0.25, 0.3) is 0 Å². The van der Waals surface area contributed by atoms with Crippen LogP contribution >= 0.6 is 11.8 Å². The van der Waals surface area contributed by atoms with Gasteiger partial charge in [-0.3, -0.25) is 0 Å². The highest BCUT2D eigenvalue weighted by Gasteiger charge is 2.02. The van der Waals surface area contributed by atoms with E-state index < -0.39 is 0 Å². The van der Waals surface area contributed by atoms with Crippen molar-refractivity contribution in [3.63, 3.8) is 0 Å². The molecular formula is C21H26S. The standard InChI is InChI=1S/C21H26S/c1-3-4-5-9-12-21(17-19-10-7-6-8-11-19)22-20-15-13-18(2)14-16-20/h6-8,10-11,13-17H,3-5,9,12H2,1-2H3. The molecule has 0 aliphatic heterocycles. The number of rotatable bonds is 8. The average molecular weight is 311 g/mol. The lowest BCUT2D eigenvalue weighted by atomic mass is 10.1. The summed E-state index contributed by atoms with van der Waals surface area (Å²) >= 11 is 1.91. The monoisotopic (exact) mass is 310 g/mol. The van der Waals surface area contributed by atoms with Crippen LogP contribution in [-0.4, -0.2) is 0 Å². The Balaban J connectivity index is 2.07. The predicted octanol–water partition coefficient (Wildman–Crippen LogP) is 7.10. The first-order valence-electron chi connectivity index (χ1n) is 8.28. The molecule has 0 atom stereocenters. The molecule has 0 heterocycles. The van der Waals surface area contributed by atoms with E-state index in [1.807, 2.05) is 11.8 Å². The number of thioether (sulfide) groups is 1. The fourth-order valence-corrected chi connectivity index (χ4v) is 3.39. The van der Waals surface area contributed by atoms with E-state index in [1.165, 1.54) is 53.0 Å². The molecule has 0 N–H and O–H groups in total. The predicted molar refractivity (Wildman–Crippen MR) is 100 cm³/mol. The van der Waals surface area contributed by atoms with Crippen LogP contribution in [0.4, 0.5) is 0 Å². The second-order valence-electron chi connectivity index (χ2n) is 5.75. The fraction of sp³-hybridized carbons (Fsp3) is 0.333. The number of benzene rings is 2. The van der Waals surface area contributed by atoms with Crippen molar-refractivity contribution in [2.75, 3.05) is 0 Å². The van der Waals surface area contributed by atoms with Gasteiger partial charge in [0.1, 0.15) is 0 Å². The van der Waals surface area contributed by atoms with Crippen molar-refractivity contribution < 1.29 is 0 Å². The Labute approximate surface area is 139 Å². The zero-order valence-electron chi connectivity index (χ0n) is 13.7. The first kappa shape index (κ1) is 16.9. The van der Waals surface area contributed by atoms with Gasteiger partial charge in [0, 0.05) is 4.90 Å². The van der Waals surface area contributed by atoms with E-state index in [-0.39, 0.29) is 0 Å². The molecule has 2 rings (SSSR count). The lowest BCUT2D eigenvalue weighted by molar-refractivity contribution is 0.673. The summed E-state index contributed by atoms with van der Waals surface area (Å²) in [7, 11) is 0. The van der Waals surface area contributed by atoms with Crippen molar-refractivity contribution in [3.05, 3.63) is 70.6 Å². The summed E-state index contributed by atoms with van der Waals surface area (Å²) in [6, 6.07) is 19.5. The molecule has 0 aromatic heterocycles. The second kappa shape index (κ2) is 9.53. The fourth-order valence-electron chi connectivity index (χ4n) is 2.37. The molecule has 0 nitrogen and oxygen atoms in total. The average Bonchev–Trinajstić information content (AvgIpc) is 2.54. The Morgan fingerprint density at radius 1 is 0.909 bits per heavy atom. The van der Waals surface area contributed by atoms with Crippen LogP contribution in [0.1, 0.15) is 50.2 Å². The van der Waals surface area contributed by atoms with Gasteiger partial charge in [-0.05, 0) is 48.4 Å². The Hall–Kier alpha value is -1.47. The zero-order valence-corrected chi connectivity index (χ0v) is 14.5. The quantitative estimate of drug-likeness (QED) is 0.370. The summed E-state index contributed by atoms with van der Waals surface area (Å²) in [5.74, 6) is 0. The van der Waals surface area contributed by atoms with Gasteiger partial charge < -0.3 is 0 Å². The molecule has 116 valence electrons. The maximum atomic E-state index is 2.34. The molecule has 0 spiro atoms. The molecule has 0 radical (unpaired) electrons. The van der Waals surface area contributed by atoms with Gasteiger partial charge in [0.05, 0.1) is 0 Å². The largest absolute Gasteiger partial charge is 0.0945 e. The number of unbranched alkanes of at least 4 members (excludes halogenated alkanes) is 3. The van der Waals surface area contributed by atoms with Crippen molar-refractivity contribution in [1.29, 1.82) is 0 Å². The SMILES string of the molecule is CCCCCCC(=Cc1ccccc1)Sc1ccc(C)cc1. The molecular weight excluding hydrogens is 284 g/mol. The van der Waals surface area contributed by atoms with Crippen LogP contribution in [-0.2, 0) is 0 Å². The second-order valence-corrected chi connectivity index (χ2v) is 6.95. The smallest absolute Gasteiger partial charge is 0.0119 e. The van der Waals surface area contributed by atoms with Gasteiger partial charge in [-0.25, -0.2) is 0 Å². The van der Waals surface area contributed by atoms with E-state index in [4.69, 9.17) is 0 Å². The topological polar surface area (TPSA) is 0 Å². The molecule has 2 aromatic carbocycles. The van der Waals surface area contributed by atoms with Crippen LogP contribution in [0.2, 0.25) is 0 Å². The molecule has 0 saturated carbocycles. The molecule has 1 heteroatoms. The van der Waals surface area contributed by atoms with Crippen molar-refractivity contribution in [3.8, 4) is 0 Å². The van der Waals surface area contributed by atoms with Crippen LogP contribution in [0.25, 0.3) is 6.08 Å². The Morgan fingerprint density at radius 2 is 1.64 bits per heavy atom. The van der Waals surface area contributed by atoms with Crippen LogP contribution in [0, 0.1) is 6.92 Å². The summed E-state index contributed by atoms with van der Waals surface area (Å²) < 4.78 is 0. The van der Waals surface area contributed by atoms with Crippen LogP contribution in [0.3, 0.4) is 0 Å². The summed E-state index contributed by atoms with van der Waals surface area (Å²) in [5, 5.41) is 0. The van der Waals surface area contributed by atoms with Crippen molar-refractivity contribution in [1.82, 2.24) is 0 Å². The van der Waals surface area contributed by atoms with E-state index in [2.05, 4.69) is 74.5 Å². The lowest BCUT2D eigenvalue weighted by Gasteiger charge is -2.08. The van der Waals surface area contributed by atoms with E-state index in [0.717, 1.165) is 0 Å². The van der Waals surface area contributed by atoms with Gasteiger partial charge >= 0.3 is 0 Å². The summed E-state index contributed by atoms with van der Waals surface area (Å²) in [4.78, 5) is 2.80. The third-order valence-electron chi connectivity index (χ3n) is 3.67. The van der Waals surface area contributed by atoms with Crippen LogP contribution < -0.4 is 0 Å². The first-order valence-corrected chi connectivity index (χ1v) is 9.09. The van der Waals surface area contributed by atoms with Gasteiger partial charge in [-0.15, -0.1) is 0 Å². The molecule has 0 fully saturated rings. The van der Waals surface area contributed by atoms with Crippen LogP contribution in [0.15, 0.2) is 64.4 Å². The number of hydrogen-bond acceptors (Lipinski definition) is 1. The Bertz CT molecular complexity index is 567. The summed E-state index contributed by atoms with van der Waals surface area (Å²) in [5.41, 5.74) is 2.62. The van der Waals surface area contributed by atoms with Gasteiger partial charge in [-0.2, -0.15) is 0 Å². The summed E-state index contributed by atoms with van der Waals surface area (Å²) in [6.07, 6.45) is 8.77. The Kier molecular flexibility index (Phi) is 7.32. The maximum absolute atomic E-state index is 2.34. The van der Waals surface area contributed by atoms with Crippen molar-refractivity contribution in [2.24, 2.45) is 0 Å². The molecule has 0 aliphatic rings. The van der Waals surface area contributed by atoms with E-state index >= 15 is 0 Å².